The lowest BCUT2D eigenvalue weighted by atomic mass is 10.0. The predicted octanol–water partition coefficient (Wildman–Crippen LogP) is 0.0195. The molecule has 7 heteroatoms. The van der Waals surface area contributed by atoms with Gasteiger partial charge in [-0.2, -0.15) is 0 Å². The fraction of sp³-hybridized carbons (Fsp3) is 0.333. The van der Waals surface area contributed by atoms with Crippen molar-refractivity contribution in [3.63, 3.8) is 0 Å². The molecule has 19 heavy (non-hydrogen) atoms. The van der Waals surface area contributed by atoms with Crippen LogP contribution in [0.15, 0.2) is 18.3 Å². The van der Waals surface area contributed by atoms with E-state index in [1.54, 1.807) is 13.8 Å². The first kappa shape index (κ1) is 14.6. The number of aliphatic carboxylic acids is 1. The molecule has 1 aromatic rings. The summed E-state index contributed by atoms with van der Waals surface area (Å²) in [5.41, 5.74) is 5.24. The molecular weight excluding hydrogens is 250 g/mol. The minimum Gasteiger partial charge on any atom is -0.480 e. The second-order valence-electron chi connectivity index (χ2n) is 4.33. The molecule has 0 radical (unpaired) electrons. The number of carboxylic acids is 1. The molecule has 102 valence electrons. The Bertz CT molecular complexity index is 496. The average Bonchev–Trinajstić information content (AvgIpc) is 2.34. The molecule has 1 atom stereocenters. The van der Waals surface area contributed by atoms with Crippen LogP contribution in [0.3, 0.4) is 0 Å². The van der Waals surface area contributed by atoms with Crippen LogP contribution < -0.4 is 11.1 Å². The maximum Gasteiger partial charge on any atom is 0.326 e. The molecule has 0 saturated heterocycles. The summed E-state index contributed by atoms with van der Waals surface area (Å²) < 4.78 is 0. The van der Waals surface area contributed by atoms with Gasteiger partial charge in [0.2, 0.25) is 5.91 Å². The number of amides is 2. The van der Waals surface area contributed by atoms with E-state index in [9.17, 15) is 14.4 Å². The van der Waals surface area contributed by atoms with Crippen LogP contribution in [0, 0.1) is 5.92 Å². The molecule has 7 nitrogen and oxygen atoms in total. The molecule has 0 bridgehead atoms. The number of primary amides is 1. The van der Waals surface area contributed by atoms with E-state index in [0.29, 0.717) is 0 Å². The molecule has 1 unspecified atom stereocenters. The van der Waals surface area contributed by atoms with Crippen LogP contribution in [0.2, 0.25) is 0 Å². The molecule has 2 amide bonds. The Hall–Kier alpha value is -2.44. The van der Waals surface area contributed by atoms with E-state index in [2.05, 4.69) is 10.3 Å². The van der Waals surface area contributed by atoms with Gasteiger partial charge in [0.1, 0.15) is 11.7 Å². The topological polar surface area (TPSA) is 122 Å². The van der Waals surface area contributed by atoms with Crippen molar-refractivity contribution in [3.8, 4) is 0 Å². The summed E-state index contributed by atoms with van der Waals surface area (Å²) >= 11 is 0. The van der Waals surface area contributed by atoms with Crippen molar-refractivity contribution in [2.45, 2.75) is 19.9 Å². The van der Waals surface area contributed by atoms with Crippen molar-refractivity contribution in [2.24, 2.45) is 11.7 Å². The van der Waals surface area contributed by atoms with Gasteiger partial charge in [0.15, 0.2) is 0 Å². The number of pyridine rings is 1. The first-order valence-electron chi connectivity index (χ1n) is 5.62. The molecule has 4 N–H and O–H groups in total. The summed E-state index contributed by atoms with van der Waals surface area (Å²) in [7, 11) is 0. The highest BCUT2D eigenvalue weighted by atomic mass is 16.4. The van der Waals surface area contributed by atoms with Gasteiger partial charge in [0.05, 0.1) is 5.56 Å². The Morgan fingerprint density at radius 2 is 1.95 bits per heavy atom. The van der Waals surface area contributed by atoms with Gasteiger partial charge < -0.3 is 16.2 Å². The number of nitrogens with zero attached hydrogens (tertiary/aromatic N) is 1. The van der Waals surface area contributed by atoms with Gasteiger partial charge in [-0.3, -0.25) is 14.6 Å². The van der Waals surface area contributed by atoms with E-state index in [1.807, 2.05) is 0 Å². The molecule has 1 heterocycles. The van der Waals surface area contributed by atoms with Crippen molar-refractivity contribution in [3.05, 3.63) is 29.6 Å². The second-order valence-corrected chi connectivity index (χ2v) is 4.33. The smallest absolute Gasteiger partial charge is 0.326 e. The summed E-state index contributed by atoms with van der Waals surface area (Å²) in [6, 6.07) is 1.68. The lowest BCUT2D eigenvalue weighted by molar-refractivity contribution is -0.140. The third kappa shape index (κ3) is 3.77. The molecule has 0 aliphatic rings. The minimum absolute atomic E-state index is 0.0249. The molecule has 0 fully saturated rings. The Morgan fingerprint density at radius 3 is 2.32 bits per heavy atom. The molecule has 0 aliphatic heterocycles. The van der Waals surface area contributed by atoms with Crippen molar-refractivity contribution in [1.29, 1.82) is 0 Å². The summed E-state index contributed by atoms with van der Waals surface area (Å²) in [5.74, 6) is -2.63. The zero-order chi connectivity index (χ0) is 14.6. The monoisotopic (exact) mass is 265 g/mol. The van der Waals surface area contributed by atoms with Crippen LogP contribution in [-0.2, 0) is 4.79 Å². The lowest BCUT2D eigenvalue weighted by Crippen LogP contribution is -2.44. The van der Waals surface area contributed by atoms with Crippen LogP contribution in [0.25, 0.3) is 0 Å². The van der Waals surface area contributed by atoms with Crippen LogP contribution >= 0.6 is 0 Å². The fourth-order valence-corrected chi connectivity index (χ4v) is 1.40. The molecule has 0 aliphatic carbocycles. The highest BCUT2D eigenvalue weighted by molar-refractivity contribution is 5.96. The van der Waals surface area contributed by atoms with Crippen LogP contribution in [0.4, 0.5) is 0 Å². The van der Waals surface area contributed by atoms with Gasteiger partial charge in [-0.05, 0) is 18.1 Å². The van der Waals surface area contributed by atoms with Crippen LogP contribution in [0.1, 0.15) is 34.7 Å². The van der Waals surface area contributed by atoms with Crippen LogP contribution in [-0.4, -0.2) is 33.9 Å². The van der Waals surface area contributed by atoms with Crippen molar-refractivity contribution < 1.29 is 19.5 Å². The largest absolute Gasteiger partial charge is 0.480 e. The fourth-order valence-electron chi connectivity index (χ4n) is 1.40. The highest BCUT2D eigenvalue weighted by Gasteiger charge is 2.24. The maximum absolute atomic E-state index is 11.8. The Morgan fingerprint density at radius 1 is 1.32 bits per heavy atom. The van der Waals surface area contributed by atoms with E-state index >= 15 is 0 Å². The maximum atomic E-state index is 11.8. The zero-order valence-corrected chi connectivity index (χ0v) is 10.6. The van der Waals surface area contributed by atoms with Gasteiger partial charge in [0, 0.05) is 6.20 Å². The Balaban J connectivity index is 2.83. The third-order valence-electron chi connectivity index (χ3n) is 2.50. The number of carboxylic acid groups (broad SMARTS) is 1. The number of hydrogen-bond acceptors (Lipinski definition) is 4. The summed E-state index contributed by atoms with van der Waals surface area (Å²) in [6.45, 7) is 3.37. The van der Waals surface area contributed by atoms with E-state index < -0.39 is 23.8 Å². The highest BCUT2D eigenvalue weighted by Crippen LogP contribution is 2.05. The van der Waals surface area contributed by atoms with E-state index in [0.717, 1.165) is 0 Å². The minimum atomic E-state index is -1.11. The molecular formula is C12H15N3O4. The van der Waals surface area contributed by atoms with E-state index in [1.165, 1.54) is 18.3 Å². The number of carbonyl (C=O) groups is 3. The molecule has 0 spiro atoms. The number of nitrogens with one attached hydrogen (secondary N) is 1. The van der Waals surface area contributed by atoms with Gasteiger partial charge in [-0.15, -0.1) is 0 Å². The summed E-state index contributed by atoms with van der Waals surface area (Å²) in [6.07, 6.45) is 1.17. The number of aromatic nitrogens is 1. The van der Waals surface area contributed by atoms with Crippen molar-refractivity contribution >= 4 is 17.8 Å². The quantitative estimate of drug-likeness (QED) is 0.692. The van der Waals surface area contributed by atoms with Gasteiger partial charge >= 0.3 is 5.97 Å². The lowest BCUT2D eigenvalue weighted by Gasteiger charge is -2.17. The van der Waals surface area contributed by atoms with Gasteiger partial charge in [-0.25, -0.2) is 4.79 Å². The standard InChI is InChI=1S/C12H15N3O4/c1-6(2)9(12(18)19)15-11(17)8-4-3-7(5-14-8)10(13)16/h3-6,9H,1-2H3,(H2,13,16)(H,15,17)(H,18,19). The summed E-state index contributed by atoms with van der Waals surface area (Å²) in [5, 5.41) is 11.3. The van der Waals surface area contributed by atoms with Gasteiger partial charge in [0.25, 0.3) is 5.91 Å². The first-order chi connectivity index (χ1) is 8.82. The number of nitrogens with two attached hydrogens (primary N) is 1. The molecule has 0 aromatic carbocycles. The van der Waals surface area contributed by atoms with Gasteiger partial charge in [-0.1, -0.05) is 13.8 Å². The second kappa shape index (κ2) is 5.94. The first-order valence-corrected chi connectivity index (χ1v) is 5.62. The summed E-state index contributed by atoms with van der Waals surface area (Å²) in [4.78, 5) is 37.4. The zero-order valence-electron chi connectivity index (χ0n) is 10.6. The number of hydrogen-bond donors (Lipinski definition) is 3. The SMILES string of the molecule is CC(C)C(NC(=O)c1ccc(C(N)=O)cn1)C(=O)O. The predicted molar refractivity (Wildman–Crippen MR) is 66.5 cm³/mol. The van der Waals surface area contributed by atoms with Crippen LogP contribution in [0.5, 0.6) is 0 Å². The molecule has 0 saturated carbocycles. The number of rotatable bonds is 5. The average molecular weight is 265 g/mol. The molecule has 1 rings (SSSR count). The van der Waals surface area contributed by atoms with E-state index in [-0.39, 0.29) is 17.2 Å². The van der Waals surface area contributed by atoms with Crippen molar-refractivity contribution in [1.82, 2.24) is 10.3 Å². The Labute approximate surface area is 109 Å². The van der Waals surface area contributed by atoms with E-state index in [4.69, 9.17) is 10.8 Å². The Kier molecular flexibility index (Phi) is 4.57. The normalized spacial score (nSPS) is 11.9. The number of carbonyl (C=O) groups excluding carboxylic acids is 2. The molecule has 1 aromatic heterocycles. The third-order valence-corrected chi connectivity index (χ3v) is 2.50. The van der Waals surface area contributed by atoms with Crippen molar-refractivity contribution in [2.75, 3.05) is 0 Å².